The van der Waals surface area contributed by atoms with Crippen LogP contribution in [0.4, 0.5) is 0 Å². The fourth-order valence-electron chi connectivity index (χ4n) is 3.09. The summed E-state index contributed by atoms with van der Waals surface area (Å²) in [4.78, 5) is 25.8. The number of hydrogen-bond acceptors (Lipinski definition) is 4. The van der Waals surface area contributed by atoms with Crippen LogP contribution >= 0.6 is 0 Å². The van der Waals surface area contributed by atoms with Gasteiger partial charge in [-0.3, -0.25) is 9.59 Å². The number of benzene rings is 1. The van der Waals surface area contributed by atoms with E-state index < -0.39 is 0 Å². The lowest BCUT2D eigenvalue weighted by atomic mass is 10.1. The summed E-state index contributed by atoms with van der Waals surface area (Å²) in [7, 11) is 1.60. The second-order valence-electron chi connectivity index (χ2n) is 6.03. The van der Waals surface area contributed by atoms with Gasteiger partial charge in [0.1, 0.15) is 11.9 Å². The summed E-state index contributed by atoms with van der Waals surface area (Å²) < 4.78 is 10.8. The smallest absolute Gasteiger partial charge is 0.225 e. The van der Waals surface area contributed by atoms with Crippen molar-refractivity contribution >= 4 is 11.8 Å². The molecule has 0 saturated carbocycles. The molecule has 0 spiro atoms. The molecule has 2 amide bonds. The number of rotatable bonds is 6. The SMILES string of the molecule is COCCN1C[C@@H](C(=O)NC[C@@H]2Cc3ccccc3O2)CC1=O. The molecule has 0 radical (unpaired) electrons. The van der Waals surface area contributed by atoms with Crippen LogP contribution in [-0.2, 0) is 20.7 Å². The summed E-state index contributed by atoms with van der Waals surface area (Å²) in [5, 5.41) is 2.92. The molecule has 1 aromatic rings. The standard InChI is InChI=1S/C17H22N2O4/c1-22-7-6-19-11-13(9-16(19)20)17(21)18-10-14-8-12-4-2-3-5-15(12)23-14/h2-5,13-14H,6-11H2,1H3,(H,18,21)/t13-,14-/m0/s1. The molecule has 6 nitrogen and oxygen atoms in total. The average Bonchev–Trinajstić information content (AvgIpc) is 3.13. The molecule has 0 aromatic heterocycles. The minimum Gasteiger partial charge on any atom is -0.488 e. The molecule has 2 heterocycles. The van der Waals surface area contributed by atoms with Gasteiger partial charge in [-0.15, -0.1) is 0 Å². The lowest BCUT2D eigenvalue weighted by Gasteiger charge is -2.16. The van der Waals surface area contributed by atoms with Crippen molar-refractivity contribution in [1.29, 1.82) is 0 Å². The van der Waals surface area contributed by atoms with E-state index in [1.165, 1.54) is 5.56 Å². The summed E-state index contributed by atoms with van der Waals surface area (Å²) in [6.07, 6.45) is 1.06. The molecule has 2 aliphatic heterocycles. The third kappa shape index (κ3) is 3.64. The Labute approximate surface area is 135 Å². The third-order valence-corrected chi connectivity index (χ3v) is 4.37. The van der Waals surface area contributed by atoms with E-state index in [2.05, 4.69) is 5.32 Å². The zero-order valence-electron chi connectivity index (χ0n) is 13.3. The average molecular weight is 318 g/mol. The van der Waals surface area contributed by atoms with Crippen molar-refractivity contribution in [2.24, 2.45) is 5.92 Å². The minimum absolute atomic E-state index is 0.0201. The van der Waals surface area contributed by atoms with Crippen molar-refractivity contribution in [2.75, 3.05) is 33.4 Å². The molecule has 6 heteroatoms. The minimum atomic E-state index is -0.275. The highest BCUT2D eigenvalue weighted by molar-refractivity contribution is 5.89. The second kappa shape index (κ2) is 7.00. The topological polar surface area (TPSA) is 67.9 Å². The molecule has 23 heavy (non-hydrogen) atoms. The monoisotopic (exact) mass is 318 g/mol. The Morgan fingerprint density at radius 3 is 3.00 bits per heavy atom. The Balaban J connectivity index is 1.45. The molecule has 3 rings (SSSR count). The normalized spacial score (nSPS) is 22.8. The zero-order chi connectivity index (χ0) is 16.2. The van der Waals surface area contributed by atoms with Gasteiger partial charge in [-0.2, -0.15) is 0 Å². The first kappa shape index (κ1) is 15.8. The van der Waals surface area contributed by atoms with Gasteiger partial charge in [-0.25, -0.2) is 0 Å². The molecule has 1 fully saturated rings. The largest absolute Gasteiger partial charge is 0.488 e. The van der Waals surface area contributed by atoms with E-state index in [-0.39, 0.29) is 30.3 Å². The zero-order valence-corrected chi connectivity index (χ0v) is 13.3. The summed E-state index contributed by atoms with van der Waals surface area (Å²) in [6.45, 7) is 1.98. The van der Waals surface area contributed by atoms with Crippen LogP contribution in [0.5, 0.6) is 5.75 Å². The molecule has 124 valence electrons. The summed E-state index contributed by atoms with van der Waals surface area (Å²) >= 11 is 0. The third-order valence-electron chi connectivity index (χ3n) is 4.37. The van der Waals surface area contributed by atoms with Crippen LogP contribution in [0.3, 0.4) is 0 Å². The number of hydrogen-bond donors (Lipinski definition) is 1. The quantitative estimate of drug-likeness (QED) is 0.834. The van der Waals surface area contributed by atoms with Gasteiger partial charge < -0.3 is 19.7 Å². The number of nitrogens with one attached hydrogen (secondary N) is 1. The number of carbonyl (C=O) groups excluding carboxylic acids is 2. The van der Waals surface area contributed by atoms with Crippen LogP contribution < -0.4 is 10.1 Å². The number of methoxy groups -OCH3 is 1. The molecule has 0 aliphatic carbocycles. The lowest BCUT2D eigenvalue weighted by molar-refractivity contribution is -0.129. The van der Waals surface area contributed by atoms with E-state index in [0.29, 0.717) is 26.2 Å². The van der Waals surface area contributed by atoms with Crippen molar-refractivity contribution < 1.29 is 19.1 Å². The Morgan fingerprint density at radius 2 is 2.22 bits per heavy atom. The van der Waals surface area contributed by atoms with Gasteiger partial charge in [0.25, 0.3) is 0 Å². The molecule has 0 bridgehead atoms. The van der Waals surface area contributed by atoms with Gasteiger partial charge in [-0.1, -0.05) is 18.2 Å². The Kier molecular flexibility index (Phi) is 4.81. The number of likely N-dealkylation sites (tertiary alicyclic amines) is 1. The summed E-state index contributed by atoms with van der Waals surface area (Å²) in [5.41, 5.74) is 1.17. The van der Waals surface area contributed by atoms with Crippen LogP contribution in [0.15, 0.2) is 24.3 Å². The van der Waals surface area contributed by atoms with Crippen LogP contribution in [0.2, 0.25) is 0 Å². The number of nitrogens with zero attached hydrogens (tertiary/aromatic N) is 1. The molecule has 1 N–H and O–H groups in total. The Hall–Kier alpha value is -2.08. The summed E-state index contributed by atoms with van der Waals surface area (Å²) in [6, 6.07) is 7.92. The Morgan fingerprint density at radius 1 is 1.39 bits per heavy atom. The van der Waals surface area contributed by atoms with Gasteiger partial charge in [0, 0.05) is 33.0 Å². The first-order valence-corrected chi connectivity index (χ1v) is 7.96. The Bertz CT molecular complexity index is 565. The highest BCUT2D eigenvalue weighted by Crippen LogP contribution is 2.27. The molecular weight excluding hydrogens is 296 g/mol. The molecular formula is C17H22N2O4. The number of carbonyl (C=O) groups is 2. The highest BCUT2D eigenvalue weighted by Gasteiger charge is 2.34. The van der Waals surface area contributed by atoms with Crippen LogP contribution in [0.1, 0.15) is 12.0 Å². The van der Waals surface area contributed by atoms with Crippen LogP contribution in [0.25, 0.3) is 0 Å². The predicted octanol–water partition coefficient (Wildman–Crippen LogP) is 0.601. The molecule has 0 unspecified atom stereocenters. The van der Waals surface area contributed by atoms with Gasteiger partial charge in [0.05, 0.1) is 19.1 Å². The van der Waals surface area contributed by atoms with Crippen molar-refractivity contribution in [3.05, 3.63) is 29.8 Å². The van der Waals surface area contributed by atoms with Crippen molar-refractivity contribution in [3.63, 3.8) is 0 Å². The highest BCUT2D eigenvalue weighted by atomic mass is 16.5. The fourth-order valence-corrected chi connectivity index (χ4v) is 3.09. The van der Waals surface area contributed by atoms with Crippen molar-refractivity contribution in [2.45, 2.75) is 18.9 Å². The number of para-hydroxylation sites is 1. The van der Waals surface area contributed by atoms with Gasteiger partial charge >= 0.3 is 0 Å². The lowest BCUT2D eigenvalue weighted by Crippen LogP contribution is -2.39. The first-order valence-electron chi connectivity index (χ1n) is 7.96. The van der Waals surface area contributed by atoms with Crippen LogP contribution in [-0.4, -0.2) is 56.2 Å². The molecule has 1 aromatic carbocycles. The predicted molar refractivity (Wildman–Crippen MR) is 84.1 cm³/mol. The van der Waals surface area contributed by atoms with E-state index >= 15 is 0 Å². The number of fused-ring (bicyclic) bond motifs is 1. The van der Waals surface area contributed by atoms with E-state index in [9.17, 15) is 9.59 Å². The van der Waals surface area contributed by atoms with E-state index in [4.69, 9.17) is 9.47 Å². The molecule has 2 atom stereocenters. The van der Waals surface area contributed by atoms with Gasteiger partial charge in [-0.05, 0) is 11.6 Å². The van der Waals surface area contributed by atoms with Gasteiger partial charge in [0.2, 0.25) is 11.8 Å². The van der Waals surface area contributed by atoms with Crippen molar-refractivity contribution in [3.8, 4) is 5.75 Å². The molecule has 1 saturated heterocycles. The molecule has 2 aliphatic rings. The summed E-state index contributed by atoms with van der Waals surface area (Å²) in [5.74, 6) is 0.571. The van der Waals surface area contributed by atoms with E-state index in [1.807, 2.05) is 24.3 Å². The fraction of sp³-hybridized carbons (Fsp3) is 0.529. The maximum absolute atomic E-state index is 12.3. The maximum atomic E-state index is 12.3. The number of amides is 2. The first-order chi connectivity index (χ1) is 11.2. The number of ether oxygens (including phenoxy) is 2. The van der Waals surface area contributed by atoms with E-state index in [0.717, 1.165) is 12.2 Å². The van der Waals surface area contributed by atoms with Gasteiger partial charge in [0.15, 0.2) is 0 Å². The van der Waals surface area contributed by atoms with Crippen molar-refractivity contribution in [1.82, 2.24) is 10.2 Å². The second-order valence-corrected chi connectivity index (χ2v) is 6.03. The maximum Gasteiger partial charge on any atom is 0.225 e. The van der Waals surface area contributed by atoms with E-state index in [1.54, 1.807) is 12.0 Å². The van der Waals surface area contributed by atoms with Crippen LogP contribution in [0, 0.1) is 5.92 Å².